The quantitative estimate of drug-likeness (QED) is 0.0479. The van der Waals surface area contributed by atoms with Gasteiger partial charge in [-0.3, -0.25) is 24.0 Å². The summed E-state index contributed by atoms with van der Waals surface area (Å²) < 4.78 is 57.0. The zero-order valence-electron chi connectivity index (χ0n) is 67.6. The van der Waals surface area contributed by atoms with Crippen molar-refractivity contribution in [1.29, 1.82) is 0 Å². The molecule has 10 bridgehead atoms. The Bertz CT molecular complexity index is 2640. The molecule has 10 saturated carbocycles. The first-order valence-corrected chi connectivity index (χ1v) is 39.2. The van der Waals surface area contributed by atoms with E-state index < -0.39 is 23.4 Å². The third-order valence-electron chi connectivity index (χ3n) is 29.3. The predicted molar refractivity (Wildman–Crippen MR) is 454 cm³/mol. The fourth-order valence-corrected chi connectivity index (χ4v) is 20.2. The second-order valence-corrected chi connectivity index (χ2v) is 38.4. The van der Waals surface area contributed by atoms with Gasteiger partial charge in [-0.2, -0.15) is 0 Å². The summed E-state index contributed by atoms with van der Waals surface area (Å²) in [6.45, 7) is 59.8. The lowest BCUT2D eigenvalue weighted by molar-refractivity contribution is -0.219. The molecular weight excluding hydrogens is 1360 g/mol. The van der Waals surface area contributed by atoms with Crippen LogP contribution in [0.2, 0.25) is 0 Å². The molecule has 0 amide bonds. The van der Waals surface area contributed by atoms with Gasteiger partial charge in [0.1, 0.15) is 0 Å². The van der Waals surface area contributed by atoms with E-state index in [-0.39, 0.29) is 216 Å². The number of ether oxygens (including phenoxy) is 10. The van der Waals surface area contributed by atoms with Crippen LogP contribution in [0, 0.1) is 113 Å². The van der Waals surface area contributed by atoms with E-state index in [1.807, 2.05) is 96.9 Å². The molecule has 15 heteroatoms. The van der Waals surface area contributed by atoms with E-state index in [0.717, 1.165) is 68.1 Å². The van der Waals surface area contributed by atoms with Gasteiger partial charge in [0.2, 0.25) is 0 Å². The smallest absolute Gasteiger partial charge is 0.313 e. The van der Waals surface area contributed by atoms with Gasteiger partial charge in [-0.25, -0.2) is 0 Å². The van der Waals surface area contributed by atoms with E-state index >= 15 is 0 Å². The molecule has 10 aliphatic rings. The second kappa shape index (κ2) is 43.8. The van der Waals surface area contributed by atoms with Crippen LogP contribution in [0.15, 0.2) is 0 Å². The highest BCUT2D eigenvalue weighted by Gasteiger charge is 2.65. The summed E-state index contributed by atoms with van der Waals surface area (Å²) in [6.07, 6.45) is 23.1. The maximum Gasteiger partial charge on any atom is 0.313 e. The average molecular weight is 1540 g/mol. The molecule has 0 aromatic heterocycles. The average Bonchev–Trinajstić information content (AvgIpc) is 1.58. The maximum absolute atomic E-state index is 12.2. The lowest BCUT2D eigenvalue weighted by Gasteiger charge is -2.43. The van der Waals surface area contributed by atoms with E-state index in [1.165, 1.54) is 89.9 Å². The van der Waals surface area contributed by atoms with Crippen LogP contribution in [-0.4, -0.2) is 93.3 Å². The molecule has 0 heterocycles. The topological polar surface area (TPSA) is 178 Å². The van der Waals surface area contributed by atoms with Crippen LogP contribution in [0.3, 0.4) is 0 Å². The summed E-state index contributed by atoms with van der Waals surface area (Å²) in [5.41, 5.74) is 1.28. The number of esters is 5. The highest BCUT2D eigenvalue weighted by Crippen LogP contribution is 2.68. The van der Waals surface area contributed by atoms with Gasteiger partial charge in [0.15, 0.2) is 33.0 Å². The zero-order valence-corrected chi connectivity index (χ0v) is 67.6. The maximum atomic E-state index is 12.2. The minimum atomic E-state index is -0.469. The van der Waals surface area contributed by atoms with E-state index in [0.29, 0.717) is 11.3 Å². The Labute approximate surface area is 670 Å². The molecule has 0 saturated heterocycles. The summed E-state index contributed by atoms with van der Waals surface area (Å²) in [4.78, 5) is 59.2. The molecule has 0 spiro atoms. The molecule has 10 aliphatic carbocycles. The van der Waals surface area contributed by atoms with Gasteiger partial charge in [-0.1, -0.05) is 227 Å². The fourth-order valence-electron chi connectivity index (χ4n) is 20.2. The van der Waals surface area contributed by atoms with Gasteiger partial charge in [-0.05, 0) is 254 Å². The van der Waals surface area contributed by atoms with Crippen molar-refractivity contribution in [2.75, 3.05) is 20.4 Å². The minimum absolute atomic E-state index is 0. The number of fused-ring (bicyclic) bond motifs is 10. The lowest BCUT2D eigenvalue weighted by Crippen LogP contribution is -2.45. The van der Waals surface area contributed by atoms with Crippen LogP contribution in [0.4, 0.5) is 0 Å². The van der Waals surface area contributed by atoms with Gasteiger partial charge < -0.3 is 47.4 Å². The van der Waals surface area contributed by atoms with Crippen LogP contribution in [0.25, 0.3) is 0 Å². The monoisotopic (exact) mass is 1540 g/mol. The summed E-state index contributed by atoms with van der Waals surface area (Å²) >= 11 is 0. The van der Waals surface area contributed by atoms with Crippen LogP contribution >= 0.6 is 0 Å². The van der Waals surface area contributed by atoms with Gasteiger partial charge >= 0.3 is 29.8 Å². The minimum Gasteiger partial charge on any atom is -0.438 e. The standard InChI is InChI=1S/C18H32O3.2C17H30O3.C16H28O3.C15H26O3.10CH4/c1-8-16(3,4)15(19)21-12(2)20-14-17(5,6)13-9-10-18(14,7)11-13;1-7-15(2,3)14(18)20-11-19-13-16(4,5)12-8-9-17(13,6)10-12;1-7-11(2)14(18)19-12(3)20-15-16(4,5)13-8-9-17(15,6)10-13;1-6-11(2)14(17)19-10-18-13-9-12-7-8-16(13,5)15(12,3)4;1-5-10(2)14(16)18-9-17-13-11-6-7-12(8-11)15(13,3)4;;;;;;;;;;/h12-14H,8-11H2,1-7H3;12-13H,7-11H2,1-6H3;11-13,15H,7-10H2,1-6H3;11-13H,6-10H2,1-5H3;10-13H,5-9H2,1-4H3;10*1H4. The summed E-state index contributed by atoms with van der Waals surface area (Å²) in [5, 5.41) is 0. The van der Waals surface area contributed by atoms with Crippen LogP contribution < -0.4 is 0 Å². The Hall–Kier alpha value is -2.85. The first-order chi connectivity index (χ1) is 45.2. The Morgan fingerprint density at radius 2 is 0.741 bits per heavy atom. The normalized spacial score (nSPS) is 32.8. The van der Waals surface area contributed by atoms with Crippen molar-refractivity contribution in [3.05, 3.63) is 0 Å². The van der Waals surface area contributed by atoms with Gasteiger partial charge in [0.25, 0.3) is 0 Å². The number of rotatable bonds is 25. The van der Waals surface area contributed by atoms with Crippen molar-refractivity contribution in [2.24, 2.45) is 113 Å². The van der Waals surface area contributed by atoms with E-state index in [2.05, 4.69) is 96.9 Å². The van der Waals surface area contributed by atoms with Crippen molar-refractivity contribution in [3.63, 3.8) is 0 Å². The second-order valence-electron chi connectivity index (χ2n) is 38.4. The fraction of sp³-hybridized carbons (Fsp3) is 0.946. The van der Waals surface area contributed by atoms with Crippen molar-refractivity contribution in [2.45, 2.75) is 440 Å². The van der Waals surface area contributed by atoms with Crippen molar-refractivity contribution in [1.82, 2.24) is 0 Å². The van der Waals surface area contributed by atoms with Gasteiger partial charge in [0.05, 0.1) is 59.1 Å². The molecule has 0 radical (unpaired) electrons. The number of hydrogen-bond acceptors (Lipinski definition) is 15. The Kier molecular flexibility index (Phi) is 46.1. The number of carbonyl (C=O) groups is 5. The molecule has 0 N–H and O–H groups in total. The molecule has 0 aromatic carbocycles. The van der Waals surface area contributed by atoms with E-state index in [1.54, 1.807) is 0 Å². The SMILES string of the molecule is C.C.C.C.C.C.C.C.C.C.CCC(C)(C)C(=O)OC(C)OC1C2(C)CCC(C2)C1(C)C.CCC(C)(C)C(=O)OCOC1C2(C)CCC(C2)C1(C)C.CCC(C)C(=O)OC(C)OC1C2(C)CCC(C2)C1(C)C.CCC(C)C(=O)OCOC1C2CCC(C2)C1(C)C.CCC(C)C(=O)OCOC1CC2CCC1(C)C2(C)C. The van der Waals surface area contributed by atoms with Crippen molar-refractivity contribution in [3.8, 4) is 0 Å². The molecule has 108 heavy (non-hydrogen) atoms. The van der Waals surface area contributed by atoms with Crippen LogP contribution in [0.1, 0.15) is 397 Å². The molecule has 10 rings (SSSR count). The van der Waals surface area contributed by atoms with Crippen molar-refractivity contribution < 1.29 is 71.3 Å². The van der Waals surface area contributed by atoms with E-state index in [9.17, 15) is 24.0 Å². The molecule has 20 unspecified atom stereocenters. The molecule has 0 aliphatic heterocycles. The molecule has 15 nitrogen and oxygen atoms in total. The highest BCUT2D eigenvalue weighted by molar-refractivity contribution is 5.76. The summed E-state index contributed by atoms with van der Waals surface area (Å²) in [6, 6.07) is 0. The molecule has 648 valence electrons. The Balaban J connectivity index is -0.000000400. The first-order valence-electron chi connectivity index (χ1n) is 39.2. The lowest BCUT2D eigenvalue weighted by atomic mass is 9.70. The van der Waals surface area contributed by atoms with E-state index in [4.69, 9.17) is 47.4 Å². The molecule has 0 aromatic rings. The zero-order chi connectivity index (χ0) is 74.0. The Morgan fingerprint density at radius 3 is 1.08 bits per heavy atom. The number of carbonyl (C=O) groups excluding carboxylic acids is 5. The predicted octanol–water partition coefficient (Wildman–Crippen LogP) is 26.4. The molecule has 20 atom stereocenters. The van der Waals surface area contributed by atoms with Crippen molar-refractivity contribution >= 4 is 29.8 Å². The highest BCUT2D eigenvalue weighted by atomic mass is 16.7. The molecule has 10 fully saturated rings. The Morgan fingerprint density at radius 1 is 0.380 bits per heavy atom. The first kappa shape index (κ1) is 114. The van der Waals surface area contributed by atoms with Crippen LogP contribution in [-0.2, 0) is 71.3 Å². The third kappa shape index (κ3) is 24.4. The largest absolute Gasteiger partial charge is 0.438 e. The van der Waals surface area contributed by atoms with Crippen LogP contribution in [0.5, 0.6) is 0 Å². The van der Waals surface area contributed by atoms with Gasteiger partial charge in [0, 0.05) is 0 Å². The molecular formula is C93H186O15. The van der Waals surface area contributed by atoms with Gasteiger partial charge in [-0.15, -0.1) is 0 Å². The third-order valence-corrected chi connectivity index (χ3v) is 29.3. The number of hydrogen-bond donors (Lipinski definition) is 0. The summed E-state index contributed by atoms with van der Waals surface area (Å²) in [7, 11) is 0. The summed E-state index contributed by atoms with van der Waals surface area (Å²) in [5.74, 6) is 3.59.